The van der Waals surface area contributed by atoms with Crippen LogP contribution in [0.4, 0.5) is 11.5 Å². The molecule has 4 N–H and O–H groups in total. The average Bonchev–Trinajstić information content (AvgIpc) is 2.79. The summed E-state index contributed by atoms with van der Waals surface area (Å²) in [6.45, 7) is 5.18. The summed E-state index contributed by atoms with van der Waals surface area (Å²) in [5.74, 6) is 1.47. The van der Waals surface area contributed by atoms with E-state index in [4.69, 9.17) is 16.2 Å². The zero-order valence-electron chi connectivity index (χ0n) is 20.3. The number of ether oxygens (including phenoxy) is 1. The maximum Gasteiger partial charge on any atom is 0.143 e. The summed E-state index contributed by atoms with van der Waals surface area (Å²) in [6, 6.07) is 8.55. The Morgan fingerprint density at radius 3 is 2.68 bits per heavy atom. The Bertz CT molecular complexity index is 1180. The van der Waals surface area contributed by atoms with Crippen molar-refractivity contribution in [3.05, 3.63) is 59.7 Å². The van der Waals surface area contributed by atoms with Crippen LogP contribution in [0, 0.1) is 0 Å². The first-order valence-electron chi connectivity index (χ1n) is 12.1. The largest absolute Gasteiger partial charge is 0.488 e. The van der Waals surface area contributed by atoms with Crippen molar-refractivity contribution in [2.24, 2.45) is 5.73 Å². The van der Waals surface area contributed by atoms with E-state index in [0.29, 0.717) is 5.82 Å². The van der Waals surface area contributed by atoms with E-state index in [1.165, 1.54) is 11.1 Å². The number of anilines is 2. The molecule has 3 aromatic rings. The number of benzene rings is 1. The van der Waals surface area contributed by atoms with Crippen LogP contribution in [0.2, 0.25) is 0 Å². The molecule has 178 valence electrons. The standard InChI is InChI=1S/C27H34N6O/c1-27(2)14-21-20(24-23(27)26(29)32-16-31-24)7-8-22(34-19-6-4-5-18(28)13-19)25(21)33(3)15-17-9-11-30-12-10-17/h7-12,16,18-19H,4-6,13-15,28H2,1-3H3,(H2,29,31,32)/t18-,19-/m0/s1. The number of hydrogen-bond acceptors (Lipinski definition) is 7. The van der Waals surface area contributed by atoms with E-state index >= 15 is 0 Å². The van der Waals surface area contributed by atoms with Gasteiger partial charge in [0.05, 0.1) is 11.4 Å². The fourth-order valence-electron chi connectivity index (χ4n) is 5.64. The van der Waals surface area contributed by atoms with Crippen molar-refractivity contribution >= 4 is 11.5 Å². The van der Waals surface area contributed by atoms with E-state index in [0.717, 1.165) is 66.9 Å². The Morgan fingerprint density at radius 1 is 1.12 bits per heavy atom. The van der Waals surface area contributed by atoms with Crippen molar-refractivity contribution in [1.82, 2.24) is 15.0 Å². The van der Waals surface area contributed by atoms with Gasteiger partial charge in [-0.2, -0.15) is 0 Å². The summed E-state index contributed by atoms with van der Waals surface area (Å²) in [7, 11) is 2.13. The highest BCUT2D eigenvalue weighted by molar-refractivity contribution is 5.83. The van der Waals surface area contributed by atoms with Gasteiger partial charge in [-0.15, -0.1) is 0 Å². The van der Waals surface area contributed by atoms with Gasteiger partial charge in [0.15, 0.2) is 0 Å². The van der Waals surface area contributed by atoms with Gasteiger partial charge in [-0.3, -0.25) is 4.98 Å². The smallest absolute Gasteiger partial charge is 0.143 e. The van der Waals surface area contributed by atoms with Crippen LogP contribution in [0.5, 0.6) is 5.75 Å². The highest BCUT2D eigenvalue weighted by atomic mass is 16.5. The van der Waals surface area contributed by atoms with E-state index in [1.54, 1.807) is 6.33 Å². The van der Waals surface area contributed by atoms with Gasteiger partial charge < -0.3 is 21.1 Å². The van der Waals surface area contributed by atoms with Crippen molar-refractivity contribution in [1.29, 1.82) is 0 Å². The number of nitrogen functional groups attached to an aromatic ring is 1. The maximum atomic E-state index is 6.67. The second-order valence-electron chi connectivity index (χ2n) is 10.4. The summed E-state index contributed by atoms with van der Waals surface area (Å²) >= 11 is 0. The molecule has 2 aromatic heterocycles. The van der Waals surface area contributed by atoms with Crippen molar-refractivity contribution in [2.45, 2.75) is 70.1 Å². The minimum atomic E-state index is -0.203. The van der Waals surface area contributed by atoms with Gasteiger partial charge in [-0.05, 0) is 72.9 Å². The lowest BCUT2D eigenvalue weighted by Crippen LogP contribution is -2.34. The molecular formula is C27H34N6O. The highest BCUT2D eigenvalue weighted by Gasteiger charge is 2.37. The molecule has 7 heteroatoms. The number of hydrogen-bond donors (Lipinski definition) is 2. The minimum absolute atomic E-state index is 0.136. The number of nitrogens with zero attached hydrogens (tertiary/aromatic N) is 4. The summed E-state index contributed by atoms with van der Waals surface area (Å²) in [4.78, 5) is 15.4. The van der Waals surface area contributed by atoms with Crippen molar-refractivity contribution < 1.29 is 4.74 Å². The second kappa shape index (κ2) is 8.87. The molecule has 1 fully saturated rings. The first kappa shape index (κ1) is 22.6. The van der Waals surface area contributed by atoms with E-state index < -0.39 is 0 Å². The number of fused-ring (bicyclic) bond motifs is 3. The van der Waals surface area contributed by atoms with Crippen LogP contribution >= 0.6 is 0 Å². The van der Waals surface area contributed by atoms with Gasteiger partial charge in [0.2, 0.25) is 0 Å². The molecule has 2 aliphatic carbocycles. The molecule has 1 saturated carbocycles. The molecule has 1 aromatic carbocycles. The van der Waals surface area contributed by atoms with Crippen LogP contribution in [0.15, 0.2) is 43.0 Å². The topological polar surface area (TPSA) is 103 Å². The quantitative estimate of drug-likeness (QED) is 0.589. The molecule has 0 saturated heterocycles. The molecule has 7 nitrogen and oxygen atoms in total. The van der Waals surface area contributed by atoms with Crippen LogP contribution in [-0.2, 0) is 18.4 Å². The van der Waals surface area contributed by atoms with Crippen LogP contribution < -0.4 is 21.1 Å². The molecule has 2 aliphatic rings. The van der Waals surface area contributed by atoms with Crippen LogP contribution in [0.1, 0.15) is 56.2 Å². The molecule has 0 bridgehead atoms. The molecule has 0 unspecified atom stereocenters. The lowest BCUT2D eigenvalue weighted by Gasteiger charge is -2.37. The van der Waals surface area contributed by atoms with Gasteiger partial charge >= 0.3 is 0 Å². The van der Waals surface area contributed by atoms with Crippen molar-refractivity contribution in [3.8, 4) is 17.0 Å². The SMILES string of the molecule is CN(Cc1ccncc1)c1c(O[C@H]2CCC[C@H](N)C2)ccc2c1CC(C)(C)c1c(N)ncnc1-2. The van der Waals surface area contributed by atoms with Crippen molar-refractivity contribution in [3.63, 3.8) is 0 Å². The van der Waals surface area contributed by atoms with Crippen molar-refractivity contribution in [2.75, 3.05) is 17.7 Å². The average molecular weight is 459 g/mol. The molecule has 0 amide bonds. The lowest BCUT2D eigenvalue weighted by molar-refractivity contribution is 0.145. The summed E-state index contributed by atoms with van der Waals surface area (Å²) in [6.07, 6.45) is 10.3. The van der Waals surface area contributed by atoms with Gasteiger partial charge in [-0.25, -0.2) is 9.97 Å². The molecule has 2 heterocycles. The molecular weight excluding hydrogens is 424 g/mol. The highest BCUT2D eigenvalue weighted by Crippen LogP contribution is 2.49. The number of aromatic nitrogens is 3. The minimum Gasteiger partial charge on any atom is -0.488 e. The Hall–Kier alpha value is -3.19. The summed E-state index contributed by atoms with van der Waals surface area (Å²) < 4.78 is 6.67. The normalized spacial score (nSPS) is 20.8. The van der Waals surface area contributed by atoms with Gasteiger partial charge in [-0.1, -0.05) is 13.8 Å². The fourth-order valence-corrected chi connectivity index (χ4v) is 5.64. The Balaban J connectivity index is 1.62. The molecule has 0 aliphatic heterocycles. The molecule has 0 radical (unpaired) electrons. The van der Waals surface area contributed by atoms with Gasteiger partial charge in [0, 0.05) is 43.2 Å². The molecule has 34 heavy (non-hydrogen) atoms. The Morgan fingerprint density at radius 2 is 1.91 bits per heavy atom. The first-order valence-corrected chi connectivity index (χ1v) is 12.1. The van der Waals surface area contributed by atoms with E-state index in [2.05, 4.69) is 65.0 Å². The zero-order valence-corrected chi connectivity index (χ0v) is 20.3. The van der Waals surface area contributed by atoms with Crippen LogP contribution in [0.3, 0.4) is 0 Å². The second-order valence-corrected chi connectivity index (χ2v) is 10.4. The van der Waals surface area contributed by atoms with E-state index in [-0.39, 0.29) is 17.6 Å². The molecule has 5 rings (SSSR count). The third kappa shape index (κ3) is 4.20. The third-order valence-corrected chi connectivity index (χ3v) is 7.18. The van der Waals surface area contributed by atoms with Gasteiger partial charge in [0.1, 0.15) is 24.0 Å². The number of pyridine rings is 1. The van der Waals surface area contributed by atoms with E-state index in [9.17, 15) is 0 Å². The monoisotopic (exact) mass is 458 g/mol. The lowest BCUT2D eigenvalue weighted by atomic mass is 9.71. The van der Waals surface area contributed by atoms with Crippen LogP contribution in [0.25, 0.3) is 11.3 Å². The predicted octanol–water partition coefficient (Wildman–Crippen LogP) is 4.24. The number of nitrogens with two attached hydrogens (primary N) is 2. The number of rotatable bonds is 5. The zero-order chi connectivity index (χ0) is 23.9. The predicted molar refractivity (Wildman–Crippen MR) is 136 cm³/mol. The van der Waals surface area contributed by atoms with Gasteiger partial charge in [0.25, 0.3) is 0 Å². The van der Waals surface area contributed by atoms with E-state index in [1.807, 2.05) is 12.4 Å². The summed E-state index contributed by atoms with van der Waals surface area (Å²) in [5.41, 5.74) is 19.0. The summed E-state index contributed by atoms with van der Waals surface area (Å²) in [5, 5.41) is 0. The Kier molecular flexibility index (Phi) is 5.90. The fraction of sp³-hybridized carbons (Fsp3) is 0.444. The first-order chi connectivity index (χ1) is 16.3. The molecule has 0 spiro atoms. The third-order valence-electron chi connectivity index (χ3n) is 7.18. The molecule has 2 atom stereocenters. The maximum absolute atomic E-state index is 6.67. The van der Waals surface area contributed by atoms with Crippen LogP contribution in [-0.4, -0.2) is 34.1 Å². The Labute approximate surface area is 201 Å².